The zero-order valence-corrected chi connectivity index (χ0v) is 10.7. The Morgan fingerprint density at radius 3 is 2.74 bits per heavy atom. The summed E-state index contributed by atoms with van der Waals surface area (Å²) >= 11 is 0. The second kappa shape index (κ2) is 6.28. The number of nitrogens with one attached hydrogen (secondary N) is 1. The van der Waals surface area contributed by atoms with Crippen molar-refractivity contribution in [3.05, 3.63) is 29.8 Å². The SMILES string of the molecule is FC(F)(F)c1ccccc1OCC[C@@H]1CCCNC1. The molecule has 0 aromatic heterocycles. The molecular formula is C14H18F3NO. The monoisotopic (exact) mass is 273 g/mol. The second-order valence-electron chi connectivity index (χ2n) is 4.84. The molecule has 1 fully saturated rings. The fraction of sp³-hybridized carbons (Fsp3) is 0.571. The minimum atomic E-state index is -4.36. The first-order valence-electron chi connectivity index (χ1n) is 6.57. The molecule has 1 aliphatic heterocycles. The van der Waals surface area contributed by atoms with Crippen LogP contribution in [0, 0.1) is 5.92 Å². The Morgan fingerprint density at radius 2 is 2.05 bits per heavy atom. The summed E-state index contributed by atoms with van der Waals surface area (Å²) in [7, 11) is 0. The molecule has 0 spiro atoms. The van der Waals surface area contributed by atoms with Gasteiger partial charge in [-0.15, -0.1) is 0 Å². The number of para-hydroxylation sites is 1. The molecular weight excluding hydrogens is 255 g/mol. The zero-order valence-electron chi connectivity index (χ0n) is 10.7. The Kier molecular flexibility index (Phi) is 4.69. The summed E-state index contributed by atoms with van der Waals surface area (Å²) in [4.78, 5) is 0. The van der Waals surface area contributed by atoms with Crippen molar-refractivity contribution in [2.24, 2.45) is 5.92 Å². The van der Waals surface area contributed by atoms with Gasteiger partial charge in [0, 0.05) is 0 Å². The summed E-state index contributed by atoms with van der Waals surface area (Å²) in [5.74, 6) is 0.436. The van der Waals surface area contributed by atoms with Gasteiger partial charge in [0.1, 0.15) is 5.75 Å². The highest BCUT2D eigenvalue weighted by molar-refractivity contribution is 5.35. The molecule has 2 rings (SSSR count). The smallest absolute Gasteiger partial charge is 0.419 e. The first kappa shape index (κ1) is 14.2. The number of alkyl halides is 3. The molecule has 1 saturated heterocycles. The van der Waals surface area contributed by atoms with Crippen molar-refractivity contribution < 1.29 is 17.9 Å². The lowest BCUT2D eigenvalue weighted by atomic mass is 9.97. The van der Waals surface area contributed by atoms with Gasteiger partial charge in [0.25, 0.3) is 0 Å². The summed E-state index contributed by atoms with van der Waals surface area (Å²) in [6.07, 6.45) is -1.32. The Labute approximate surface area is 111 Å². The van der Waals surface area contributed by atoms with Crippen molar-refractivity contribution in [3.8, 4) is 5.75 Å². The Bertz CT molecular complexity index is 400. The number of halogens is 3. The molecule has 0 amide bonds. The molecule has 5 heteroatoms. The molecule has 0 aliphatic carbocycles. The molecule has 1 heterocycles. The minimum absolute atomic E-state index is 0.0706. The Balaban J connectivity index is 1.88. The van der Waals surface area contributed by atoms with E-state index in [0.717, 1.165) is 38.4 Å². The average Bonchev–Trinajstić information content (AvgIpc) is 2.39. The van der Waals surface area contributed by atoms with E-state index in [0.29, 0.717) is 12.5 Å². The number of hydrogen-bond donors (Lipinski definition) is 1. The maximum atomic E-state index is 12.7. The molecule has 1 atom stereocenters. The molecule has 1 aliphatic rings. The van der Waals surface area contributed by atoms with Crippen LogP contribution in [0.5, 0.6) is 5.75 Å². The molecule has 0 radical (unpaired) electrons. The molecule has 0 bridgehead atoms. The molecule has 1 aromatic carbocycles. The van der Waals surface area contributed by atoms with Crippen LogP contribution in [0.3, 0.4) is 0 Å². The normalized spacial score (nSPS) is 20.3. The van der Waals surface area contributed by atoms with E-state index in [1.165, 1.54) is 12.1 Å². The van der Waals surface area contributed by atoms with E-state index in [9.17, 15) is 13.2 Å². The highest BCUT2D eigenvalue weighted by Gasteiger charge is 2.34. The standard InChI is InChI=1S/C14H18F3NO/c15-14(16,17)12-5-1-2-6-13(12)19-9-7-11-4-3-8-18-10-11/h1-2,5-6,11,18H,3-4,7-10H2/t11-/m0/s1. The third-order valence-corrected chi connectivity index (χ3v) is 3.38. The lowest BCUT2D eigenvalue weighted by Crippen LogP contribution is -2.30. The van der Waals surface area contributed by atoms with Crippen LogP contribution in [0.1, 0.15) is 24.8 Å². The van der Waals surface area contributed by atoms with Gasteiger partial charge in [-0.3, -0.25) is 0 Å². The third kappa shape index (κ3) is 4.13. The maximum Gasteiger partial charge on any atom is 0.419 e. The lowest BCUT2D eigenvalue weighted by Gasteiger charge is -2.23. The molecule has 19 heavy (non-hydrogen) atoms. The van der Waals surface area contributed by atoms with E-state index in [1.807, 2.05) is 0 Å². The van der Waals surface area contributed by atoms with Gasteiger partial charge in [-0.05, 0) is 50.4 Å². The van der Waals surface area contributed by atoms with Crippen LogP contribution in [-0.2, 0) is 6.18 Å². The van der Waals surface area contributed by atoms with Crippen LogP contribution in [-0.4, -0.2) is 19.7 Å². The summed E-state index contributed by atoms with van der Waals surface area (Å²) in [6, 6.07) is 5.37. The van der Waals surface area contributed by atoms with Crippen LogP contribution in [0.4, 0.5) is 13.2 Å². The van der Waals surface area contributed by atoms with E-state index in [2.05, 4.69) is 5.32 Å². The van der Waals surface area contributed by atoms with Crippen LogP contribution < -0.4 is 10.1 Å². The van der Waals surface area contributed by atoms with Gasteiger partial charge in [-0.2, -0.15) is 13.2 Å². The van der Waals surface area contributed by atoms with Crippen LogP contribution in [0.15, 0.2) is 24.3 Å². The van der Waals surface area contributed by atoms with Gasteiger partial charge in [0.2, 0.25) is 0 Å². The highest BCUT2D eigenvalue weighted by Crippen LogP contribution is 2.36. The zero-order chi connectivity index (χ0) is 13.7. The van der Waals surface area contributed by atoms with Gasteiger partial charge in [-0.1, -0.05) is 12.1 Å². The number of benzene rings is 1. The number of piperidine rings is 1. The van der Waals surface area contributed by atoms with Gasteiger partial charge in [0.05, 0.1) is 12.2 Å². The topological polar surface area (TPSA) is 21.3 Å². The highest BCUT2D eigenvalue weighted by atomic mass is 19.4. The van der Waals surface area contributed by atoms with Gasteiger partial charge in [0.15, 0.2) is 0 Å². The Hall–Kier alpha value is -1.23. The molecule has 1 N–H and O–H groups in total. The lowest BCUT2D eigenvalue weighted by molar-refractivity contribution is -0.139. The van der Waals surface area contributed by atoms with E-state index >= 15 is 0 Å². The fourth-order valence-electron chi connectivity index (χ4n) is 2.33. The van der Waals surface area contributed by atoms with Crippen LogP contribution in [0.2, 0.25) is 0 Å². The largest absolute Gasteiger partial charge is 0.493 e. The summed E-state index contributed by atoms with van der Waals surface area (Å²) in [5.41, 5.74) is -0.697. The van der Waals surface area contributed by atoms with E-state index < -0.39 is 11.7 Å². The quantitative estimate of drug-likeness (QED) is 0.907. The predicted molar refractivity (Wildman–Crippen MR) is 67.1 cm³/mol. The number of rotatable bonds is 4. The first-order chi connectivity index (χ1) is 9.07. The van der Waals surface area contributed by atoms with E-state index in [4.69, 9.17) is 4.74 Å². The molecule has 2 nitrogen and oxygen atoms in total. The van der Waals surface area contributed by atoms with Crippen molar-refractivity contribution in [3.63, 3.8) is 0 Å². The van der Waals surface area contributed by atoms with Crippen LogP contribution in [0.25, 0.3) is 0 Å². The molecule has 0 saturated carbocycles. The van der Waals surface area contributed by atoms with Crippen LogP contribution >= 0.6 is 0 Å². The van der Waals surface area contributed by atoms with Gasteiger partial charge in [-0.25, -0.2) is 0 Å². The van der Waals surface area contributed by atoms with Crippen molar-refractivity contribution >= 4 is 0 Å². The maximum absolute atomic E-state index is 12.7. The predicted octanol–water partition coefficient (Wildman–Crippen LogP) is 3.47. The summed E-state index contributed by atoms with van der Waals surface area (Å²) in [6.45, 7) is 2.30. The molecule has 0 unspecified atom stereocenters. The summed E-state index contributed by atoms with van der Waals surface area (Å²) < 4.78 is 43.5. The second-order valence-corrected chi connectivity index (χ2v) is 4.84. The minimum Gasteiger partial charge on any atom is -0.493 e. The fourth-order valence-corrected chi connectivity index (χ4v) is 2.33. The number of hydrogen-bond acceptors (Lipinski definition) is 2. The first-order valence-corrected chi connectivity index (χ1v) is 6.57. The number of ether oxygens (including phenoxy) is 1. The third-order valence-electron chi connectivity index (χ3n) is 3.38. The molecule has 106 valence electrons. The van der Waals surface area contributed by atoms with E-state index in [-0.39, 0.29) is 5.75 Å². The van der Waals surface area contributed by atoms with Gasteiger partial charge >= 0.3 is 6.18 Å². The van der Waals surface area contributed by atoms with Crippen molar-refractivity contribution in [1.29, 1.82) is 0 Å². The van der Waals surface area contributed by atoms with Gasteiger partial charge < -0.3 is 10.1 Å². The molecule has 1 aromatic rings. The Morgan fingerprint density at radius 1 is 1.26 bits per heavy atom. The van der Waals surface area contributed by atoms with Crippen molar-refractivity contribution in [2.75, 3.05) is 19.7 Å². The van der Waals surface area contributed by atoms with Crippen molar-refractivity contribution in [1.82, 2.24) is 5.32 Å². The summed E-state index contributed by atoms with van der Waals surface area (Å²) in [5, 5.41) is 3.28. The average molecular weight is 273 g/mol. The van der Waals surface area contributed by atoms with Crippen molar-refractivity contribution in [2.45, 2.75) is 25.4 Å². The van der Waals surface area contributed by atoms with E-state index in [1.54, 1.807) is 6.07 Å².